The minimum atomic E-state index is -3.41. The van der Waals surface area contributed by atoms with Gasteiger partial charge in [-0.05, 0) is 41.4 Å². The number of hydrogen-bond donors (Lipinski definition) is 2. The predicted molar refractivity (Wildman–Crippen MR) is 72.8 cm³/mol. The van der Waals surface area contributed by atoms with E-state index in [0.29, 0.717) is 4.21 Å². The predicted octanol–water partition coefficient (Wildman–Crippen LogP) is 1.87. The Morgan fingerprint density at radius 3 is 2.56 bits per heavy atom. The summed E-state index contributed by atoms with van der Waals surface area (Å²) in [6.45, 7) is 3.86. The Kier molecular flexibility index (Phi) is 6.45. The fraction of sp³-hybridized carbons (Fsp3) is 0.500. The van der Waals surface area contributed by atoms with Gasteiger partial charge in [0.15, 0.2) is 0 Å². The van der Waals surface area contributed by atoms with Crippen LogP contribution in [0.1, 0.15) is 12.5 Å². The molecule has 1 aromatic heterocycles. The molecule has 8 heteroatoms. The van der Waals surface area contributed by atoms with Gasteiger partial charge < -0.3 is 5.73 Å². The molecule has 1 rings (SSSR count). The lowest BCUT2D eigenvalue weighted by molar-refractivity contribution is 0.564. The lowest BCUT2D eigenvalue weighted by atomic mass is 10.4. The SMILES string of the molecule is Cc1cc(S(=O)(=O)N[C@@H](C)CN)sc1Br.Cl. The number of sulfonamides is 1. The molecule has 0 aliphatic carbocycles. The van der Waals surface area contributed by atoms with E-state index in [9.17, 15) is 8.42 Å². The van der Waals surface area contributed by atoms with Crippen LogP contribution in [-0.4, -0.2) is 21.0 Å². The Hall–Kier alpha value is 0.340. The molecule has 0 aliphatic rings. The minimum absolute atomic E-state index is 0. The molecule has 0 radical (unpaired) electrons. The normalized spacial score (nSPS) is 13.2. The summed E-state index contributed by atoms with van der Waals surface area (Å²) in [5, 5.41) is 0. The number of thiophene rings is 1. The van der Waals surface area contributed by atoms with E-state index >= 15 is 0 Å². The summed E-state index contributed by atoms with van der Waals surface area (Å²) in [4.78, 5) is 0. The molecule has 0 aromatic carbocycles. The van der Waals surface area contributed by atoms with Crippen molar-refractivity contribution in [1.29, 1.82) is 0 Å². The Balaban J connectivity index is 0.00000225. The van der Waals surface area contributed by atoms with Gasteiger partial charge in [-0.1, -0.05) is 0 Å². The number of hydrogen-bond acceptors (Lipinski definition) is 4. The molecular weight excluding hydrogens is 336 g/mol. The topological polar surface area (TPSA) is 72.2 Å². The summed E-state index contributed by atoms with van der Waals surface area (Å²) in [6.07, 6.45) is 0. The summed E-state index contributed by atoms with van der Waals surface area (Å²) < 4.78 is 27.2. The van der Waals surface area contributed by atoms with Gasteiger partial charge in [-0.2, -0.15) is 0 Å². The highest BCUT2D eigenvalue weighted by Crippen LogP contribution is 2.30. The van der Waals surface area contributed by atoms with E-state index in [4.69, 9.17) is 5.73 Å². The van der Waals surface area contributed by atoms with Crippen LogP contribution in [0.2, 0.25) is 0 Å². The van der Waals surface area contributed by atoms with Gasteiger partial charge in [-0.3, -0.25) is 0 Å². The van der Waals surface area contributed by atoms with Crippen molar-refractivity contribution in [3.05, 3.63) is 15.4 Å². The Morgan fingerprint density at radius 2 is 2.19 bits per heavy atom. The highest BCUT2D eigenvalue weighted by molar-refractivity contribution is 9.11. The molecule has 94 valence electrons. The summed E-state index contributed by atoms with van der Waals surface area (Å²) in [5.41, 5.74) is 6.28. The number of rotatable bonds is 4. The quantitative estimate of drug-likeness (QED) is 0.871. The zero-order chi connectivity index (χ0) is 11.6. The first-order chi connectivity index (χ1) is 6.86. The van der Waals surface area contributed by atoms with Crippen molar-refractivity contribution >= 4 is 49.7 Å². The molecule has 0 amide bonds. The zero-order valence-corrected chi connectivity index (χ0v) is 12.9. The molecule has 16 heavy (non-hydrogen) atoms. The molecule has 0 unspecified atom stereocenters. The van der Waals surface area contributed by atoms with E-state index in [1.54, 1.807) is 13.0 Å². The lowest BCUT2D eigenvalue weighted by Crippen LogP contribution is -2.37. The maximum Gasteiger partial charge on any atom is 0.250 e. The molecule has 0 fully saturated rings. The molecule has 0 saturated heterocycles. The van der Waals surface area contributed by atoms with Gasteiger partial charge >= 0.3 is 0 Å². The number of nitrogens with one attached hydrogen (secondary N) is 1. The Bertz CT molecular complexity index is 427. The first kappa shape index (κ1) is 16.3. The first-order valence-corrected chi connectivity index (χ1v) is 7.44. The van der Waals surface area contributed by atoms with Crippen molar-refractivity contribution in [2.75, 3.05) is 6.54 Å². The average Bonchev–Trinajstić information content (AvgIpc) is 2.47. The van der Waals surface area contributed by atoms with Crippen molar-refractivity contribution in [3.63, 3.8) is 0 Å². The third-order valence-electron chi connectivity index (χ3n) is 1.81. The smallest absolute Gasteiger partial charge is 0.250 e. The van der Waals surface area contributed by atoms with E-state index in [2.05, 4.69) is 20.7 Å². The van der Waals surface area contributed by atoms with Gasteiger partial charge in [0.05, 0.1) is 3.79 Å². The standard InChI is InChI=1S/C8H13BrN2O2S2.ClH/c1-5-3-7(14-8(5)9)15(12,13)11-6(2)4-10;/h3,6,11H,4,10H2,1-2H3;1H/t6-;/m0./s1. The maximum absolute atomic E-state index is 11.8. The second kappa shape index (κ2) is 6.32. The first-order valence-electron chi connectivity index (χ1n) is 4.35. The van der Waals surface area contributed by atoms with Crippen molar-refractivity contribution in [2.24, 2.45) is 5.73 Å². The van der Waals surface area contributed by atoms with Gasteiger partial charge in [0, 0.05) is 12.6 Å². The molecule has 0 bridgehead atoms. The third kappa shape index (κ3) is 3.97. The molecule has 0 saturated carbocycles. The van der Waals surface area contributed by atoms with E-state index in [1.165, 1.54) is 11.3 Å². The van der Waals surface area contributed by atoms with Crippen LogP contribution in [0.5, 0.6) is 0 Å². The van der Waals surface area contributed by atoms with Crippen LogP contribution >= 0.6 is 39.7 Å². The largest absolute Gasteiger partial charge is 0.329 e. The number of aryl methyl sites for hydroxylation is 1. The van der Waals surface area contributed by atoms with E-state index < -0.39 is 10.0 Å². The minimum Gasteiger partial charge on any atom is -0.329 e. The third-order valence-corrected chi connectivity index (χ3v) is 6.01. The van der Waals surface area contributed by atoms with Crippen LogP contribution in [-0.2, 0) is 10.0 Å². The summed E-state index contributed by atoms with van der Waals surface area (Å²) in [6, 6.07) is 1.39. The molecule has 0 spiro atoms. The van der Waals surface area contributed by atoms with E-state index in [0.717, 1.165) is 9.35 Å². The van der Waals surface area contributed by atoms with Crippen LogP contribution in [0, 0.1) is 6.92 Å². The second-order valence-electron chi connectivity index (χ2n) is 3.28. The molecule has 3 N–H and O–H groups in total. The van der Waals surface area contributed by atoms with Gasteiger partial charge in [0.2, 0.25) is 10.0 Å². The molecule has 0 aliphatic heterocycles. The highest BCUT2D eigenvalue weighted by atomic mass is 79.9. The average molecular weight is 350 g/mol. The van der Waals surface area contributed by atoms with Gasteiger partial charge in [0.1, 0.15) is 4.21 Å². The van der Waals surface area contributed by atoms with Gasteiger partial charge in [0.25, 0.3) is 0 Å². The van der Waals surface area contributed by atoms with E-state index in [1.807, 2.05) is 6.92 Å². The maximum atomic E-state index is 11.8. The lowest BCUT2D eigenvalue weighted by Gasteiger charge is -2.09. The van der Waals surface area contributed by atoms with Crippen LogP contribution in [0.3, 0.4) is 0 Å². The van der Waals surface area contributed by atoms with Crippen molar-refractivity contribution in [3.8, 4) is 0 Å². The van der Waals surface area contributed by atoms with Crippen molar-refractivity contribution in [1.82, 2.24) is 4.72 Å². The van der Waals surface area contributed by atoms with Crippen LogP contribution in [0.4, 0.5) is 0 Å². The van der Waals surface area contributed by atoms with Crippen LogP contribution in [0.25, 0.3) is 0 Å². The van der Waals surface area contributed by atoms with Crippen molar-refractivity contribution in [2.45, 2.75) is 24.1 Å². The molecule has 1 atom stereocenters. The summed E-state index contributed by atoms with van der Waals surface area (Å²) in [7, 11) is -3.41. The van der Waals surface area contributed by atoms with Gasteiger partial charge in [-0.15, -0.1) is 23.7 Å². The highest BCUT2D eigenvalue weighted by Gasteiger charge is 2.19. The molecule has 1 heterocycles. The molecule has 4 nitrogen and oxygen atoms in total. The second-order valence-corrected chi connectivity index (χ2v) is 7.59. The fourth-order valence-electron chi connectivity index (χ4n) is 0.935. The summed E-state index contributed by atoms with van der Waals surface area (Å²) >= 11 is 4.49. The van der Waals surface area contributed by atoms with Crippen LogP contribution < -0.4 is 10.5 Å². The van der Waals surface area contributed by atoms with Crippen molar-refractivity contribution < 1.29 is 8.42 Å². The monoisotopic (exact) mass is 348 g/mol. The molecular formula is C8H14BrClN2O2S2. The zero-order valence-electron chi connectivity index (χ0n) is 8.86. The fourth-order valence-corrected chi connectivity index (χ4v) is 4.43. The van der Waals surface area contributed by atoms with Gasteiger partial charge in [-0.25, -0.2) is 13.1 Å². The Labute approximate surface area is 114 Å². The molecule has 1 aromatic rings. The van der Waals surface area contributed by atoms with Crippen LogP contribution in [0.15, 0.2) is 14.1 Å². The summed E-state index contributed by atoms with van der Waals surface area (Å²) in [5.74, 6) is 0. The van der Waals surface area contributed by atoms with E-state index in [-0.39, 0.29) is 25.0 Å². The Morgan fingerprint density at radius 1 is 1.62 bits per heavy atom. The number of halogens is 2. The number of nitrogens with two attached hydrogens (primary N) is 1.